The summed E-state index contributed by atoms with van der Waals surface area (Å²) >= 11 is 6.12. The highest BCUT2D eigenvalue weighted by Crippen LogP contribution is 2.34. The van der Waals surface area contributed by atoms with Crippen molar-refractivity contribution in [3.63, 3.8) is 0 Å². The molecule has 0 aliphatic heterocycles. The lowest BCUT2D eigenvalue weighted by atomic mass is 9.87. The van der Waals surface area contributed by atoms with E-state index in [1.54, 1.807) is 0 Å². The molecule has 0 aliphatic carbocycles. The Balaban J connectivity index is 2.73. The first-order chi connectivity index (χ1) is 10.1. The third-order valence-electron chi connectivity index (χ3n) is 4.09. The average Bonchev–Trinajstić information content (AvgIpc) is 2.53. The minimum atomic E-state index is 0.512. The second kappa shape index (κ2) is 7.11. The van der Waals surface area contributed by atoms with Crippen LogP contribution >= 0.6 is 11.6 Å². The van der Waals surface area contributed by atoms with Crippen LogP contribution in [-0.2, 0) is 25.8 Å². The highest BCUT2D eigenvalue weighted by atomic mass is 35.5. The number of hydrogen-bond donors (Lipinski definition) is 1. The Labute approximate surface area is 133 Å². The summed E-state index contributed by atoms with van der Waals surface area (Å²) in [5, 5.41) is 0.750. The van der Waals surface area contributed by atoms with Crippen LogP contribution in [0.3, 0.4) is 0 Å². The maximum Gasteiger partial charge on any atom is 0.0409 e. The largest absolute Gasteiger partial charge is 0.326 e. The Morgan fingerprint density at radius 3 is 1.95 bits per heavy atom. The fourth-order valence-electron chi connectivity index (χ4n) is 2.92. The highest BCUT2D eigenvalue weighted by Gasteiger charge is 2.14. The zero-order chi connectivity index (χ0) is 15.4. The van der Waals surface area contributed by atoms with Crippen molar-refractivity contribution in [2.75, 3.05) is 0 Å². The molecule has 0 bridgehead atoms. The molecule has 0 radical (unpaired) electrons. The molecule has 2 heteroatoms. The fourth-order valence-corrected chi connectivity index (χ4v) is 3.12. The van der Waals surface area contributed by atoms with Crippen molar-refractivity contribution in [2.45, 2.75) is 46.6 Å². The molecule has 0 heterocycles. The molecule has 1 nitrogen and oxygen atoms in total. The molecule has 0 atom stereocenters. The van der Waals surface area contributed by atoms with Gasteiger partial charge in [-0.1, -0.05) is 50.6 Å². The normalized spacial score (nSPS) is 10.9. The van der Waals surface area contributed by atoms with Gasteiger partial charge in [-0.3, -0.25) is 0 Å². The van der Waals surface area contributed by atoms with E-state index in [2.05, 4.69) is 39.0 Å². The van der Waals surface area contributed by atoms with E-state index < -0.39 is 0 Å². The Hall–Kier alpha value is -1.31. The zero-order valence-electron chi connectivity index (χ0n) is 13.2. The molecule has 2 N–H and O–H groups in total. The van der Waals surface area contributed by atoms with Crippen LogP contribution in [0, 0.1) is 0 Å². The van der Waals surface area contributed by atoms with Crippen LogP contribution in [0.25, 0.3) is 11.1 Å². The Morgan fingerprint density at radius 1 is 0.857 bits per heavy atom. The van der Waals surface area contributed by atoms with E-state index in [-0.39, 0.29) is 0 Å². The monoisotopic (exact) mass is 301 g/mol. The summed E-state index contributed by atoms with van der Waals surface area (Å²) < 4.78 is 0. The van der Waals surface area contributed by atoms with Gasteiger partial charge in [0.05, 0.1) is 0 Å². The number of benzene rings is 2. The van der Waals surface area contributed by atoms with Gasteiger partial charge in [-0.15, -0.1) is 0 Å². The van der Waals surface area contributed by atoms with Crippen molar-refractivity contribution in [1.82, 2.24) is 0 Å². The van der Waals surface area contributed by atoms with Gasteiger partial charge in [0.2, 0.25) is 0 Å². The SMILES string of the molecule is CCc1cc(CC)c(-c2ccc(Cl)cc2CN)c(CC)c1. The van der Waals surface area contributed by atoms with Crippen LogP contribution in [-0.4, -0.2) is 0 Å². The number of halogens is 1. The molecule has 0 aromatic heterocycles. The standard InChI is InChI=1S/C19H24ClN/c1-4-13-9-14(5-2)19(15(6-3)10-13)18-8-7-17(20)11-16(18)12-21/h7-11H,4-6,12,21H2,1-3H3. The van der Waals surface area contributed by atoms with Crippen LogP contribution in [0.5, 0.6) is 0 Å². The number of rotatable bonds is 5. The molecular weight excluding hydrogens is 278 g/mol. The molecule has 0 fully saturated rings. The summed E-state index contributed by atoms with van der Waals surface area (Å²) in [6, 6.07) is 10.7. The van der Waals surface area contributed by atoms with Crippen molar-refractivity contribution in [3.8, 4) is 11.1 Å². The van der Waals surface area contributed by atoms with Gasteiger partial charge >= 0.3 is 0 Å². The molecule has 0 saturated carbocycles. The molecule has 21 heavy (non-hydrogen) atoms. The van der Waals surface area contributed by atoms with E-state index in [0.29, 0.717) is 6.54 Å². The lowest BCUT2D eigenvalue weighted by Crippen LogP contribution is -2.03. The van der Waals surface area contributed by atoms with Gasteiger partial charge in [-0.05, 0) is 64.8 Å². The predicted molar refractivity (Wildman–Crippen MR) is 92.9 cm³/mol. The van der Waals surface area contributed by atoms with E-state index in [1.807, 2.05) is 12.1 Å². The van der Waals surface area contributed by atoms with E-state index in [0.717, 1.165) is 29.8 Å². The molecular formula is C19H24ClN. The Morgan fingerprint density at radius 2 is 1.48 bits per heavy atom. The lowest BCUT2D eigenvalue weighted by molar-refractivity contribution is 1.03. The van der Waals surface area contributed by atoms with E-state index in [9.17, 15) is 0 Å². The molecule has 0 saturated heterocycles. The molecule has 0 amide bonds. The first-order valence-electron chi connectivity index (χ1n) is 7.78. The van der Waals surface area contributed by atoms with Crippen LogP contribution < -0.4 is 5.73 Å². The van der Waals surface area contributed by atoms with Crippen LogP contribution in [0.2, 0.25) is 5.02 Å². The van der Waals surface area contributed by atoms with Crippen molar-refractivity contribution in [1.29, 1.82) is 0 Å². The number of aryl methyl sites for hydroxylation is 3. The van der Waals surface area contributed by atoms with Gasteiger partial charge in [0.1, 0.15) is 0 Å². The second-order valence-electron chi connectivity index (χ2n) is 5.36. The van der Waals surface area contributed by atoms with Crippen molar-refractivity contribution in [3.05, 3.63) is 57.6 Å². The predicted octanol–water partition coefficient (Wildman–Crippen LogP) is 5.15. The molecule has 0 aliphatic rings. The van der Waals surface area contributed by atoms with Crippen LogP contribution in [0.4, 0.5) is 0 Å². The smallest absolute Gasteiger partial charge is 0.0409 e. The summed E-state index contributed by atoms with van der Waals surface area (Å²) in [5.41, 5.74) is 13.9. The molecule has 112 valence electrons. The summed E-state index contributed by atoms with van der Waals surface area (Å²) in [7, 11) is 0. The van der Waals surface area contributed by atoms with Gasteiger partial charge in [0, 0.05) is 11.6 Å². The minimum absolute atomic E-state index is 0.512. The molecule has 0 unspecified atom stereocenters. The summed E-state index contributed by atoms with van der Waals surface area (Å²) in [4.78, 5) is 0. The second-order valence-corrected chi connectivity index (χ2v) is 5.79. The van der Waals surface area contributed by atoms with E-state index in [4.69, 9.17) is 17.3 Å². The number of hydrogen-bond acceptors (Lipinski definition) is 1. The van der Waals surface area contributed by atoms with Gasteiger partial charge in [-0.2, -0.15) is 0 Å². The van der Waals surface area contributed by atoms with E-state index >= 15 is 0 Å². The topological polar surface area (TPSA) is 26.0 Å². The highest BCUT2D eigenvalue weighted by molar-refractivity contribution is 6.30. The van der Waals surface area contributed by atoms with Crippen molar-refractivity contribution >= 4 is 11.6 Å². The maximum atomic E-state index is 6.12. The van der Waals surface area contributed by atoms with Gasteiger partial charge in [0.15, 0.2) is 0 Å². The summed E-state index contributed by atoms with van der Waals surface area (Å²) in [5.74, 6) is 0. The van der Waals surface area contributed by atoms with Gasteiger partial charge in [-0.25, -0.2) is 0 Å². The first kappa shape index (κ1) is 16.1. The maximum absolute atomic E-state index is 6.12. The fraction of sp³-hybridized carbons (Fsp3) is 0.368. The third kappa shape index (κ3) is 3.30. The third-order valence-corrected chi connectivity index (χ3v) is 4.32. The van der Waals surface area contributed by atoms with Crippen molar-refractivity contribution < 1.29 is 0 Å². The molecule has 0 spiro atoms. The van der Waals surface area contributed by atoms with Crippen LogP contribution in [0.15, 0.2) is 30.3 Å². The van der Waals surface area contributed by atoms with Crippen LogP contribution in [0.1, 0.15) is 43.0 Å². The average molecular weight is 302 g/mol. The summed E-state index contributed by atoms with van der Waals surface area (Å²) in [6.45, 7) is 7.16. The Kier molecular flexibility index (Phi) is 5.44. The van der Waals surface area contributed by atoms with E-state index in [1.165, 1.54) is 27.8 Å². The lowest BCUT2D eigenvalue weighted by Gasteiger charge is -2.18. The molecule has 2 aromatic carbocycles. The van der Waals surface area contributed by atoms with Gasteiger partial charge in [0.25, 0.3) is 0 Å². The minimum Gasteiger partial charge on any atom is -0.326 e. The van der Waals surface area contributed by atoms with Gasteiger partial charge < -0.3 is 5.73 Å². The zero-order valence-corrected chi connectivity index (χ0v) is 13.9. The Bertz CT molecular complexity index is 606. The molecule has 2 aromatic rings. The summed E-state index contributed by atoms with van der Waals surface area (Å²) in [6.07, 6.45) is 3.14. The quantitative estimate of drug-likeness (QED) is 0.811. The number of nitrogens with two attached hydrogens (primary N) is 1. The van der Waals surface area contributed by atoms with Crippen molar-refractivity contribution in [2.24, 2.45) is 5.73 Å². The first-order valence-corrected chi connectivity index (χ1v) is 8.15. The molecule has 2 rings (SSSR count).